The van der Waals surface area contributed by atoms with Crippen molar-refractivity contribution in [2.75, 3.05) is 7.11 Å². The molecule has 1 aliphatic heterocycles. The Bertz CT molecular complexity index is 442. The number of carbonyl (C=O) groups excluding carboxylic acids is 2. The molecule has 1 heterocycles. The zero-order chi connectivity index (χ0) is 12.1. The summed E-state index contributed by atoms with van der Waals surface area (Å²) in [5, 5.41) is 0. The first-order valence-electron chi connectivity index (χ1n) is 5.09. The van der Waals surface area contributed by atoms with Gasteiger partial charge in [-0.1, -0.05) is 0 Å². The maximum atomic E-state index is 11.9. The Morgan fingerprint density at radius 1 is 1.25 bits per heavy atom. The van der Waals surface area contributed by atoms with Crippen molar-refractivity contribution in [1.29, 1.82) is 0 Å². The van der Waals surface area contributed by atoms with Gasteiger partial charge in [0.05, 0.1) is 11.2 Å². The molecule has 0 aromatic rings. The first-order valence-corrected chi connectivity index (χ1v) is 5.09. The van der Waals surface area contributed by atoms with Crippen LogP contribution in [0.3, 0.4) is 0 Å². The van der Waals surface area contributed by atoms with Gasteiger partial charge >= 0.3 is 0 Å². The van der Waals surface area contributed by atoms with Crippen molar-refractivity contribution in [3.8, 4) is 0 Å². The molecule has 1 unspecified atom stereocenters. The van der Waals surface area contributed by atoms with Crippen molar-refractivity contribution in [2.45, 2.75) is 32.2 Å². The molecule has 0 bridgehead atoms. The highest BCUT2D eigenvalue weighted by molar-refractivity contribution is 6.20. The second kappa shape index (κ2) is 3.12. The molecule has 86 valence electrons. The van der Waals surface area contributed by atoms with E-state index in [0.29, 0.717) is 5.57 Å². The lowest BCUT2D eigenvalue weighted by molar-refractivity contribution is -0.214. The van der Waals surface area contributed by atoms with E-state index in [1.807, 2.05) is 13.8 Å². The summed E-state index contributed by atoms with van der Waals surface area (Å²) in [6.45, 7) is 5.42. The lowest BCUT2D eigenvalue weighted by Crippen LogP contribution is -2.47. The fraction of sp³-hybridized carbons (Fsp3) is 0.500. The topological polar surface area (TPSA) is 52.6 Å². The number of methoxy groups -OCH3 is 1. The molecular formula is C12H14O4. The van der Waals surface area contributed by atoms with E-state index in [1.54, 1.807) is 6.92 Å². The smallest absolute Gasteiger partial charge is 0.265 e. The number of ether oxygens (including phenoxy) is 2. The van der Waals surface area contributed by atoms with Crippen molar-refractivity contribution in [2.24, 2.45) is 0 Å². The monoisotopic (exact) mass is 222 g/mol. The summed E-state index contributed by atoms with van der Waals surface area (Å²) in [5.41, 5.74) is 0.410. The molecule has 16 heavy (non-hydrogen) atoms. The number of carbonyl (C=O) groups is 2. The predicted molar refractivity (Wildman–Crippen MR) is 56.8 cm³/mol. The van der Waals surface area contributed by atoms with Crippen LogP contribution >= 0.6 is 0 Å². The van der Waals surface area contributed by atoms with Crippen LogP contribution in [0.4, 0.5) is 0 Å². The average molecular weight is 222 g/mol. The molecule has 2 rings (SSSR count). The molecule has 1 atom stereocenters. The highest BCUT2D eigenvalue weighted by Crippen LogP contribution is 2.45. The summed E-state index contributed by atoms with van der Waals surface area (Å²) in [6, 6.07) is 0. The second-order valence-electron chi connectivity index (χ2n) is 4.49. The molecule has 4 nitrogen and oxygen atoms in total. The van der Waals surface area contributed by atoms with Gasteiger partial charge in [-0.05, 0) is 38.5 Å². The summed E-state index contributed by atoms with van der Waals surface area (Å²) in [5.74, 6) is -2.08. The summed E-state index contributed by atoms with van der Waals surface area (Å²) in [7, 11) is 1.37. The van der Waals surface area contributed by atoms with Crippen LogP contribution in [0.15, 0.2) is 23.3 Å². The van der Waals surface area contributed by atoms with Crippen LogP contribution in [0, 0.1) is 0 Å². The van der Waals surface area contributed by atoms with Gasteiger partial charge in [-0.25, -0.2) is 0 Å². The molecule has 0 N–H and O–H groups in total. The van der Waals surface area contributed by atoms with Crippen LogP contribution in [-0.2, 0) is 19.1 Å². The SMILES string of the molecule is COC12OC(C)(C)C(C)=C1C(=O)C=CC2=O. The van der Waals surface area contributed by atoms with Gasteiger partial charge in [-0.2, -0.15) is 0 Å². The van der Waals surface area contributed by atoms with Gasteiger partial charge in [0, 0.05) is 7.11 Å². The molecule has 0 saturated carbocycles. The minimum absolute atomic E-state index is 0.218. The molecule has 0 aromatic carbocycles. The minimum atomic E-state index is -1.53. The third-order valence-corrected chi connectivity index (χ3v) is 3.25. The van der Waals surface area contributed by atoms with Crippen molar-refractivity contribution >= 4 is 11.6 Å². The Labute approximate surface area is 93.9 Å². The van der Waals surface area contributed by atoms with Gasteiger partial charge in [0.2, 0.25) is 5.78 Å². The van der Waals surface area contributed by atoms with E-state index in [-0.39, 0.29) is 11.6 Å². The maximum absolute atomic E-state index is 11.9. The number of hydrogen-bond donors (Lipinski definition) is 0. The zero-order valence-corrected chi connectivity index (χ0v) is 9.79. The van der Waals surface area contributed by atoms with E-state index in [9.17, 15) is 9.59 Å². The highest BCUT2D eigenvalue weighted by atomic mass is 16.7. The van der Waals surface area contributed by atoms with Gasteiger partial charge in [0.25, 0.3) is 5.79 Å². The van der Waals surface area contributed by atoms with Gasteiger partial charge in [-0.3, -0.25) is 9.59 Å². The number of rotatable bonds is 1. The van der Waals surface area contributed by atoms with E-state index in [0.717, 1.165) is 5.57 Å². The fourth-order valence-electron chi connectivity index (χ4n) is 2.14. The van der Waals surface area contributed by atoms with Gasteiger partial charge in [0.1, 0.15) is 0 Å². The second-order valence-corrected chi connectivity index (χ2v) is 4.49. The highest BCUT2D eigenvalue weighted by Gasteiger charge is 2.57. The van der Waals surface area contributed by atoms with Crippen LogP contribution in [0.25, 0.3) is 0 Å². The molecule has 0 amide bonds. The summed E-state index contributed by atoms with van der Waals surface area (Å²) in [6.07, 6.45) is 2.48. The third-order valence-electron chi connectivity index (χ3n) is 3.25. The lowest BCUT2D eigenvalue weighted by Gasteiger charge is -2.31. The Kier molecular flexibility index (Phi) is 2.19. The van der Waals surface area contributed by atoms with Gasteiger partial charge < -0.3 is 9.47 Å². The number of fused-ring (bicyclic) bond motifs is 1. The molecule has 0 spiro atoms. The van der Waals surface area contributed by atoms with E-state index in [4.69, 9.17) is 9.47 Å². The average Bonchev–Trinajstić information content (AvgIpc) is 2.43. The Morgan fingerprint density at radius 3 is 2.38 bits per heavy atom. The molecule has 4 heteroatoms. The first kappa shape index (κ1) is 11.2. The molecule has 2 aliphatic rings. The number of ketones is 2. The van der Waals surface area contributed by atoms with Crippen LogP contribution < -0.4 is 0 Å². The lowest BCUT2D eigenvalue weighted by atomic mass is 9.87. The summed E-state index contributed by atoms with van der Waals surface area (Å²) in [4.78, 5) is 23.7. The van der Waals surface area contributed by atoms with E-state index in [1.165, 1.54) is 19.3 Å². The van der Waals surface area contributed by atoms with Crippen molar-refractivity contribution in [3.05, 3.63) is 23.3 Å². The van der Waals surface area contributed by atoms with E-state index >= 15 is 0 Å². The standard InChI is InChI=1S/C12H14O4/c1-7-10-8(13)5-6-9(14)12(10,15-4)16-11(7,2)3/h5-6H,1-4H3. The predicted octanol–water partition coefficient (Wildman–Crippen LogP) is 1.16. The Morgan fingerprint density at radius 2 is 1.88 bits per heavy atom. The molecule has 0 fully saturated rings. The summed E-state index contributed by atoms with van der Waals surface area (Å²) < 4.78 is 10.9. The Hall–Kier alpha value is -1.26. The Balaban J connectivity index is 2.70. The van der Waals surface area contributed by atoms with Crippen LogP contribution in [-0.4, -0.2) is 30.1 Å². The number of allylic oxidation sites excluding steroid dienone is 1. The molecule has 0 saturated heterocycles. The molecule has 1 aliphatic carbocycles. The van der Waals surface area contributed by atoms with Crippen LogP contribution in [0.2, 0.25) is 0 Å². The van der Waals surface area contributed by atoms with Crippen molar-refractivity contribution in [1.82, 2.24) is 0 Å². The maximum Gasteiger partial charge on any atom is 0.265 e. The zero-order valence-electron chi connectivity index (χ0n) is 9.79. The first-order chi connectivity index (χ1) is 7.35. The summed E-state index contributed by atoms with van der Waals surface area (Å²) >= 11 is 0. The number of hydrogen-bond acceptors (Lipinski definition) is 4. The minimum Gasteiger partial charge on any atom is -0.343 e. The molecule has 0 radical (unpaired) electrons. The fourth-order valence-corrected chi connectivity index (χ4v) is 2.14. The normalized spacial score (nSPS) is 32.2. The quantitative estimate of drug-likeness (QED) is 0.668. The van der Waals surface area contributed by atoms with Crippen LogP contribution in [0.1, 0.15) is 20.8 Å². The van der Waals surface area contributed by atoms with Gasteiger partial charge in [0.15, 0.2) is 5.78 Å². The third kappa shape index (κ3) is 1.17. The van der Waals surface area contributed by atoms with Crippen molar-refractivity contribution in [3.63, 3.8) is 0 Å². The van der Waals surface area contributed by atoms with Crippen LogP contribution in [0.5, 0.6) is 0 Å². The molecule has 0 aromatic heterocycles. The van der Waals surface area contributed by atoms with E-state index in [2.05, 4.69) is 0 Å². The largest absolute Gasteiger partial charge is 0.343 e. The van der Waals surface area contributed by atoms with Gasteiger partial charge in [-0.15, -0.1) is 0 Å². The molecular weight excluding hydrogens is 208 g/mol. The van der Waals surface area contributed by atoms with E-state index < -0.39 is 11.4 Å². The van der Waals surface area contributed by atoms with Crippen molar-refractivity contribution < 1.29 is 19.1 Å².